The van der Waals surface area contributed by atoms with Gasteiger partial charge in [0, 0.05) is 0 Å². The summed E-state index contributed by atoms with van der Waals surface area (Å²) in [6, 6.07) is 9.40. The highest BCUT2D eigenvalue weighted by Gasteiger charge is 2.45. The first-order valence-electron chi connectivity index (χ1n) is 6.86. The van der Waals surface area contributed by atoms with Crippen LogP contribution in [0.5, 0.6) is 0 Å². The number of hydrogen-bond donors (Lipinski definition) is 0. The summed E-state index contributed by atoms with van der Waals surface area (Å²) < 4.78 is 4.79. The number of carbonyl (C=O) groups excluding carboxylic acids is 3. The highest BCUT2D eigenvalue weighted by atomic mass is 32.2. The summed E-state index contributed by atoms with van der Waals surface area (Å²) in [7, 11) is 0. The van der Waals surface area contributed by atoms with Crippen molar-refractivity contribution in [2.24, 2.45) is 5.92 Å². The Labute approximate surface area is 127 Å². The molecule has 2 unspecified atom stereocenters. The molecule has 0 aromatic heterocycles. The van der Waals surface area contributed by atoms with Crippen molar-refractivity contribution < 1.29 is 19.1 Å². The lowest BCUT2D eigenvalue weighted by molar-refractivity contribution is -0.131. The number of amides is 3. The Morgan fingerprint density at radius 1 is 1.24 bits per heavy atom. The van der Waals surface area contributed by atoms with Crippen LogP contribution in [0.25, 0.3) is 0 Å². The second kappa shape index (κ2) is 6.76. The Kier molecular flexibility index (Phi) is 5.01. The Balaban J connectivity index is 2.29. The third-order valence-electron chi connectivity index (χ3n) is 3.33. The van der Waals surface area contributed by atoms with E-state index in [1.165, 1.54) is 0 Å². The second-order valence-corrected chi connectivity index (χ2v) is 5.70. The molecular formula is C15H17NO4S. The van der Waals surface area contributed by atoms with Crippen LogP contribution in [-0.4, -0.2) is 28.7 Å². The molecule has 0 aliphatic carbocycles. The lowest BCUT2D eigenvalue weighted by Crippen LogP contribution is -2.48. The third kappa shape index (κ3) is 3.10. The van der Waals surface area contributed by atoms with Gasteiger partial charge in [-0.1, -0.05) is 49.0 Å². The van der Waals surface area contributed by atoms with Crippen molar-refractivity contribution in [2.75, 3.05) is 6.61 Å². The number of nitrogens with zero attached hydrogens (tertiary/aromatic N) is 1. The van der Waals surface area contributed by atoms with Gasteiger partial charge in [0.05, 0.1) is 17.8 Å². The molecule has 5 nitrogen and oxygen atoms in total. The molecule has 1 aliphatic heterocycles. The van der Waals surface area contributed by atoms with Gasteiger partial charge in [-0.05, 0) is 18.9 Å². The Bertz CT molecular complexity index is 546. The molecule has 0 bridgehead atoms. The van der Waals surface area contributed by atoms with Crippen LogP contribution in [-0.2, 0) is 9.53 Å². The van der Waals surface area contributed by atoms with E-state index in [0.29, 0.717) is 11.3 Å². The molecule has 1 aliphatic rings. The average molecular weight is 307 g/mol. The van der Waals surface area contributed by atoms with Gasteiger partial charge in [-0.2, -0.15) is 4.90 Å². The molecule has 1 aromatic rings. The fourth-order valence-corrected chi connectivity index (χ4v) is 3.57. The smallest absolute Gasteiger partial charge is 0.424 e. The highest BCUT2D eigenvalue weighted by Crippen LogP contribution is 2.44. The zero-order valence-corrected chi connectivity index (χ0v) is 12.8. The monoisotopic (exact) mass is 307 g/mol. The fourth-order valence-electron chi connectivity index (χ4n) is 2.31. The van der Waals surface area contributed by atoms with E-state index in [1.807, 2.05) is 37.3 Å². The molecule has 21 heavy (non-hydrogen) atoms. The summed E-state index contributed by atoms with van der Waals surface area (Å²) in [5, 5.41) is -0.834. The maximum Gasteiger partial charge on any atom is 0.424 e. The van der Waals surface area contributed by atoms with Crippen molar-refractivity contribution >= 4 is 29.0 Å². The molecule has 2 rings (SSSR count). The van der Waals surface area contributed by atoms with Gasteiger partial charge in [-0.25, -0.2) is 4.79 Å². The first-order valence-corrected chi connectivity index (χ1v) is 7.74. The fraction of sp³-hybridized carbons (Fsp3) is 0.400. The van der Waals surface area contributed by atoms with Crippen molar-refractivity contribution in [1.82, 2.24) is 4.90 Å². The summed E-state index contributed by atoms with van der Waals surface area (Å²) in [5.74, 6) is -0.895. The van der Waals surface area contributed by atoms with Gasteiger partial charge in [0.2, 0.25) is 5.91 Å². The molecule has 1 saturated heterocycles. The standard InChI is InChI=1S/C15H17NO4S/c1-3-11-12(10-8-6-5-7-9-10)21-15(19)16(13(11)17)14(18)20-4-2/h5-9,11-12H,3-4H2,1-2H3. The molecule has 0 saturated carbocycles. The van der Waals surface area contributed by atoms with Crippen molar-refractivity contribution in [2.45, 2.75) is 25.5 Å². The predicted octanol–water partition coefficient (Wildman–Crippen LogP) is 3.61. The maximum absolute atomic E-state index is 12.5. The minimum Gasteiger partial charge on any atom is -0.449 e. The second-order valence-electron chi connectivity index (χ2n) is 4.60. The summed E-state index contributed by atoms with van der Waals surface area (Å²) in [5.41, 5.74) is 0.916. The largest absolute Gasteiger partial charge is 0.449 e. The van der Waals surface area contributed by atoms with E-state index in [9.17, 15) is 14.4 Å². The minimum atomic E-state index is -0.884. The van der Waals surface area contributed by atoms with Crippen LogP contribution < -0.4 is 0 Å². The van der Waals surface area contributed by atoms with Gasteiger partial charge in [0.15, 0.2) is 0 Å². The van der Waals surface area contributed by atoms with Crippen LogP contribution in [0.1, 0.15) is 31.1 Å². The van der Waals surface area contributed by atoms with E-state index in [0.717, 1.165) is 17.3 Å². The molecule has 1 heterocycles. The SMILES string of the molecule is CCOC(=O)N1C(=O)SC(c2ccccc2)C(CC)C1=O. The number of rotatable bonds is 3. The van der Waals surface area contributed by atoms with Gasteiger partial charge >= 0.3 is 6.09 Å². The Hall–Kier alpha value is -1.82. The summed E-state index contributed by atoms with van der Waals surface area (Å²) in [4.78, 5) is 37.0. The zero-order valence-electron chi connectivity index (χ0n) is 11.9. The van der Waals surface area contributed by atoms with Gasteiger partial charge < -0.3 is 4.74 Å². The van der Waals surface area contributed by atoms with Crippen molar-refractivity contribution in [1.29, 1.82) is 0 Å². The van der Waals surface area contributed by atoms with Gasteiger partial charge in [0.1, 0.15) is 0 Å². The average Bonchev–Trinajstić information content (AvgIpc) is 2.48. The van der Waals surface area contributed by atoms with Gasteiger partial charge in [-0.3, -0.25) is 9.59 Å². The van der Waals surface area contributed by atoms with E-state index in [-0.39, 0.29) is 11.9 Å². The number of ether oxygens (including phenoxy) is 1. The van der Waals surface area contributed by atoms with E-state index in [1.54, 1.807) is 6.92 Å². The van der Waals surface area contributed by atoms with E-state index in [2.05, 4.69) is 0 Å². The summed E-state index contributed by atoms with van der Waals surface area (Å²) in [6.07, 6.45) is -0.334. The van der Waals surface area contributed by atoms with Gasteiger partial charge in [-0.15, -0.1) is 0 Å². The first kappa shape index (κ1) is 15.6. The van der Waals surface area contributed by atoms with Crippen molar-refractivity contribution in [3.8, 4) is 0 Å². The number of benzene rings is 1. The number of imide groups is 3. The van der Waals surface area contributed by atoms with Crippen LogP contribution in [0.4, 0.5) is 9.59 Å². The molecule has 1 aromatic carbocycles. The molecular weight excluding hydrogens is 290 g/mol. The van der Waals surface area contributed by atoms with Crippen LogP contribution >= 0.6 is 11.8 Å². The van der Waals surface area contributed by atoms with Crippen LogP contribution in [0.2, 0.25) is 0 Å². The normalized spacial score (nSPS) is 22.3. The number of thioether (sulfide) groups is 1. The zero-order chi connectivity index (χ0) is 15.4. The first-order chi connectivity index (χ1) is 10.1. The number of carbonyl (C=O) groups is 3. The topological polar surface area (TPSA) is 63.7 Å². The van der Waals surface area contributed by atoms with Crippen molar-refractivity contribution in [3.05, 3.63) is 35.9 Å². The summed E-state index contributed by atoms with van der Waals surface area (Å²) >= 11 is 1.00. The lowest BCUT2D eigenvalue weighted by atomic mass is 9.94. The van der Waals surface area contributed by atoms with Crippen LogP contribution in [0.15, 0.2) is 30.3 Å². The summed E-state index contributed by atoms with van der Waals surface area (Å²) in [6.45, 7) is 3.63. The van der Waals surface area contributed by atoms with E-state index in [4.69, 9.17) is 4.74 Å². The molecule has 0 spiro atoms. The van der Waals surface area contributed by atoms with Crippen LogP contribution in [0.3, 0.4) is 0 Å². The number of hydrogen-bond acceptors (Lipinski definition) is 5. The Morgan fingerprint density at radius 3 is 2.48 bits per heavy atom. The molecule has 0 radical (unpaired) electrons. The molecule has 0 N–H and O–H groups in total. The van der Waals surface area contributed by atoms with E-state index >= 15 is 0 Å². The van der Waals surface area contributed by atoms with Crippen LogP contribution in [0, 0.1) is 5.92 Å². The predicted molar refractivity (Wildman–Crippen MR) is 79.8 cm³/mol. The molecule has 3 amide bonds. The van der Waals surface area contributed by atoms with E-state index < -0.39 is 23.2 Å². The maximum atomic E-state index is 12.5. The third-order valence-corrected chi connectivity index (χ3v) is 4.57. The lowest BCUT2D eigenvalue weighted by Gasteiger charge is -2.33. The minimum absolute atomic E-state index is 0.124. The molecule has 112 valence electrons. The highest BCUT2D eigenvalue weighted by molar-refractivity contribution is 8.14. The van der Waals surface area contributed by atoms with Crippen molar-refractivity contribution in [3.63, 3.8) is 0 Å². The molecule has 1 fully saturated rings. The molecule has 2 atom stereocenters. The Morgan fingerprint density at radius 2 is 1.90 bits per heavy atom. The van der Waals surface area contributed by atoms with Gasteiger partial charge in [0.25, 0.3) is 5.24 Å². The quantitative estimate of drug-likeness (QED) is 0.853. The molecule has 6 heteroatoms.